The Morgan fingerprint density at radius 3 is 1.06 bits per heavy atom. The van der Waals surface area contributed by atoms with Crippen molar-refractivity contribution >= 4 is 53.2 Å². The number of aliphatic hydroxyl groups excluding tert-OH is 3. The Hall–Kier alpha value is -3.00. The van der Waals surface area contributed by atoms with Gasteiger partial charge in [-0.1, -0.05) is 188 Å². The topological polar surface area (TPSA) is 173 Å². The molecule has 0 heterocycles. The molecule has 3 unspecified atom stereocenters. The highest BCUT2D eigenvalue weighted by Crippen LogP contribution is 2.09. The van der Waals surface area contributed by atoms with Crippen molar-refractivity contribution < 1.29 is 45.0 Å². The van der Waals surface area contributed by atoms with Gasteiger partial charge in [-0.05, 0) is 82.1 Å². The maximum Gasteiger partial charge on any atom is 0.303 e. The van der Waals surface area contributed by atoms with Crippen LogP contribution in [0.4, 0.5) is 0 Å². The summed E-state index contributed by atoms with van der Waals surface area (Å²) in [6.45, 7) is 6.49. The molecule has 0 amide bonds. The molecule has 0 aliphatic rings. The van der Waals surface area contributed by atoms with E-state index in [1.165, 1.54) is 38.5 Å². The van der Waals surface area contributed by atoms with E-state index in [0.29, 0.717) is 6.42 Å². The summed E-state index contributed by atoms with van der Waals surface area (Å²) in [6.07, 6.45) is 55.6. The van der Waals surface area contributed by atoms with Gasteiger partial charge in [-0.3, -0.25) is 14.4 Å². The molecule has 68 heavy (non-hydrogen) atoms. The number of thioether (sulfide) groups is 3. The summed E-state index contributed by atoms with van der Waals surface area (Å²) in [4.78, 5) is 31.0. The molecule has 0 saturated carbocycles. The third kappa shape index (κ3) is 69.6. The second-order valence-electron chi connectivity index (χ2n) is 16.2. The van der Waals surface area contributed by atoms with Crippen LogP contribution >= 0.6 is 35.3 Å². The van der Waals surface area contributed by atoms with Gasteiger partial charge in [0, 0.05) is 42.3 Å². The Morgan fingerprint density at radius 2 is 0.676 bits per heavy atom. The number of carboxylic acids is 3. The van der Waals surface area contributed by atoms with Crippen LogP contribution < -0.4 is 0 Å². The van der Waals surface area contributed by atoms with Crippen molar-refractivity contribution in [3.63, 3.8) is 0 Å². The van der Waals surface area contributed by atoms with Crippen molar-refractivity contribution in [2.45, 2.75) is 187 Å². The van der Waals surface area contributed by atoms with Gasteiger partial charge in [-0.25, -0.2) is 0 Å². The molecule has 0 aromatic rings. The molecule has 3 atom stereocenters. The zero-order valence-corrected chi connectivity index (χ0v) is 44.7. The number of hydrogen-bond donors (Lipinski definition) is 6. The number of aliphatic hydroxyl groups is 3. The standard InChI is InChI=1S/2C19H32O3S.C18H30O3S/c1-2-3-8-13-18(20)14-9-4-6-11-16-23-17-12-7-5-10-15-19(21)22;1-2-3-8-13-18(20)14-9-7-12-17-23-16-11-6-4-5-10-15-19(21)22;1-2-3-7-12-17(19)13-8-6-11-16-22-15-10-5-4-9-14-18(20)21/h2*4,6-7,9,12,14,18,20H,2-3,5,8,10-11,13,15-17H2,1H3,(H,21,22);5-6,8,10-11,13,17,19H,2-4,7,9,12,14-16H2,1H3,(H,20,21)/b2*6-4-,12-7-,14-9+;10-5-,11-6-,13-8+. The first-order chi connectivity index (χ1) is 33.0. The van der Waals surface area contributed by atoms with Crippen LogP contribution in [-0.2, 0) is 14.4 Å². The van der Waals surface area contributed by atoms with Gasteiger partial charge in [-0.15, -0.1) is 0 Å². The molecule has 0 bridgehead atoms. The van der Waals surface area contributed by atoms with Crippen molar-refractivity contribution in [3.8, 4) is 0 Å². The lowest BCUT2D eigenvalue weighted by molar-refractivity contribution is -0.138. The summed E-state index contributed by atoms with van der Waals surface area (Å²) in [6, 6.07) is 0. The number of carboxylic acid groups (broad SMARTS) is 3. The molecule has 0 aliphatic carbocycles. The second kappa shape index (κ2) is 60.1. The van der Waals surface area contributed by atoms with E-state index in [0.717, 1.165) is 118 Å². The number of hydrogen-bond acceptors (Lipinski definition) is 9. The maximum atomic E-state index is 10.3. The first-order valence-electron chi connectivity index (χ1n) is 25.4. The average molecular weight is 1010 g/mol. The minimum atomic E-state index is -0.726. The summed E-state index contributed by atoms with van der Waals surface area (Å²) in [5.74, 6) is 3.82. The Kier molecular flexibility index (Phi) is 61.2. The summed E-state index contributed by atoms with van der Waals surface area (Å²) < 4.78 is 0. The average Bonchev–Trinajstić information content (AvgIpc) is 3.30. The largest absolute Gasteiger partial charge is 0.481 e. The van der Waals surface area contributed by atoms with E-state index in [9.17, 15) is 29.7 Å². The molecule has 0 aromatic heterocycles. The van der Waals surface area contributed by atoms with Crippen LogP contribution in [0.5, 0.6) is 0 Å². The van der Waals surface area contributed by atoms with Gasteiger partial charge in [0.2, 0.25) is 0 Å². The Labute approximate surface area is 426 Å². The predicted molar refractivity (Wildman–Crippen MR) is 298 cm³/mol. The van der Waals surface area contributed by atoms with Crippen LogP contribution in [0, 0.1) is 0 Å². The zero-order valence-electron chi connectivity index (χ0n) is 42.3. The van der Waals surface area contributed by atoms with E-state index in [4.69, 9.17) is 15.3 Å². The van der Waals surface area contributed by atoms with Crippen LogP contribution in [-0.4, -0.2) is 101 Å². The third-order valence-electron chi connectivity index (χ3n) is 9.55. The molecule has 0 saturated heterocycles. The van der Waals surface area contributed by atoms with Crippen LogP contribution in [0.3, 0.4) is 0 Å². The van der Waals surface area contributed by atoms with Crippen molar-refractivity contribution in [2.75, 3.05) is 34.5 Å². The molecule has 0 spiro atoms. The van der Waals surface area contributed by atoms with Crippen molar-refractivity contribution in [1.29, 1.82) is 0 Å². The molecule has 9 nitrogen and oxygen atoms in total. The molecular formula is C56H94O9S3. The quantitative estimate of drug-likeness (QED) is 0.0194. The summed E-state index contributed by atoms with van der Waals surface area (Å²) in [5, 5.41) is 54.6. The normalized spacial score (nSPS) is 13.5. The van der Waals surface area contributed by atoms with E-state index in [-0.39, 0.29) is 37.6 Å². The van der Waals surface area contributed by atoms with E-state index in [2.05, 4.69) is 69.4 Å². The van der Waals surface area contributed by atoms with Gasteiger partial charge in [0.1, 0.15) is 0 Å². The fourth-order valence-corrected chi connectivity index (χ4v) is 7.76. The van der Waals surface area contributed by atoms with Crippen LogP contribution in [0.1, 0.15) is 168 Å². The molecule has 6 N–H and O–H groups in total. The van der Waals surface area contributed by atoms with E-state index >= 15 is 0 Å². The first-order valence-corrected chi connectivity index (χ1v) is 28.8. The number of allylic oxidation sites excluding steroid dienone is 11. The molecule has 0 aliphatic heterocycles. The highest BCUT2D eigenvalue weighted by Gasteiger charge is 1.99. The third-order valence-corrected chi connectivity index (χ3v) is 12.3. The molecule has 0 radical (unpaired) electrons. The lowest BCUT2D eigenvalue weighted by Crippen LogP contribution is -2.00. The Balaban J connectivity index is -0.000000932. The highest BCUT2D eigenvalue weighted by atomic mass is 32.2. The lowest BCUT2D eigenvalue weighted by Gasteiger charge is -2.03. The summed E-state index contributed by atoms with van der Waals surface area (Å²) >= 11 is 5.54. The smallest absolute Gasteiger partial charge is 0.303 e. The van der Waals surface area contributed by atoms with E-state index in [1.807, 2.05) is 84.3 Å². The number of unbranched alkanes of at least 4 members (excludes halogenated alkanes) is 9. The molecule has 0 rings (SSSR count). The van der Waals surface area contributed by atoms with Gasteiger partial charge in [-0.2, -0.15) is 35.3 Å². The van der Waals surface area contributed by atoms with Gasteiger partial charge in [0.25, 0.3) is 0 Å². The van der Waals surface area contributed by atoms with Crippen LogP contribution in [0.15, 0.2) is 109 Å². The van der Waals surface area contributed by atoms with Gasteiger partial charge < -0.3 is 30.6 Å². The summed E-state index contributed by atoms with van der Waals surface area (Å²) in [7, 11) is 0. The molecular weight excluding hydrogens is 913 g/mol. The second-order valence-corrected chi connectivity index (χ2v) is 19.5. The number of rotatable bonds is 44. The summed E-state index contributed by atoms with van der Waals surface area (Å²) in [5.41, 5.74) is 0. The minimum absolute atomic E-state index is 0.247. The van der Waals surface area contributed by atoms with Gasteiger partial charge >= 0.3 is 17.9 Å². The molecule has 0 fully saturated rings. The van der Waals surface area contributed by atoms with Crippen LogP contribution in [0.25, 0.3) is 0 Å². The number of aliphatic carboxylic acids is 3. The fraction of sp³-hybridized carbons (Fsp3) is 0.625. The fourth-order valence-electron chi connectivity index (χ4n) is 5.65. The SMILES string of the molecule is CCCCCC(O)/C=C/C=C\CCSC/C=C\CCCC(=O)O.CCCCCC(O)/C=C/C=C\CSC/C=C\CCCC(=O)O.CCCCCC(O)/C=C/C=C\CSCC/C=C\CCCC(=O)O. The van der Waals surface area contributed by atoms with Gasteiger partial charge in [0.15, 0.2) is 0 Å². The Morgan fingerprint density at radius 1 is 0.368 bits per heavy atom. The first kappa shape index (κ1) is 69.3. The molecule has 390 valence electrons. The number of carbonyl (C=O) groups is 3. The Bertz CT molecular complexity index is 1330. The minimum Gasteiger partial charge on any atom is -0.481 e. The monoisotopic (exact) mass is 1010 g/mol. The van der Waals surface area contributed by atoms with Crippen LogP contribution in [0.2, 0.25) is 0 Å². The van der Waals surface area contributed by atoms with Crippen molar-refractivity contribution in [3.05, 3.63) is 109 Å². The molecule has 12 heteroatoms. The van der Waals surface area contributed by atoms with Crippen molar-refractivity contribution in [1.82, 2.24) is 0 Å². The zero-order chi connectivity index (χ0) is 50.8. The van der Waals surface area contributed by atoms with Crippen molar-refractivity contribution in [2.24, 2.45) is 0 Å². The highest BCUT2D eigenvalue weighted by molar-refractivity contribution is 7.99. The van der Waals surface area contributed by atoms with E-state index < -0.39 is 17.9 Å². The predicted octanol–water partition coefficient (Wildman–Crippen LogP) is 14.5. The lowest BCUT2D eigenvalue weighted by atomic mass is 10.1. The van der Waals surface area contributed by atoms with Gasteiger partial charge in [0.05, 0.1) is 18.3 Å². The maximum absolute atomic E-state index is 10.3. The van der Waals surface area contributed by atoms with E-state index in [1.54, 1.807) is 11.8 Å². The molecule has 0 aromatic carbocycles.